The van der Waals surface area contributed by atoms with E-state index in [2.05, 4.69) is 31.3 Å². The third-order valence-corrected chi connectivity index (χ3v) is 19.1. The molecular weight excluding hydrogens is 1120 g/mol. The Morgan fingerprint density at radius 2 is 0.711 bits per heavy atom. The van der Waals surface area contributed by atoms with Crippen molar-refractivity contribution in [3.63, 3.8) is 0 Å². The third-order valence-electron chi connectivity index (χ3n) is 19.1. The number of allylic oxidation sites excluding steroid dienone is 3. The van der Waals surface area contributed by atoms with E-state index >= 15 is 0 Å². The van der Waals surface area contributed by atoms with Gasteiger partial charge in [0.25, 0.3) is 0 Å². The molecule has 0 spiro atoms. The van der Waals surface area contributed by atoms with E-state index in [4.69, 9.17) is 14.2 Å². The number of ether oxygens (including phenoxy) is 3. The lowest BCUT2D eigenvalue weighted by Gasteiger charge is -2.40. The number of aliphatic hydroxyl groups excluding tert-OH is 5. The predicted octanol–water partition coefficient (Wildman–Crippen LogP) is 21.1. The first-order chi connectivity index (χ1) is 44.2. The van der Waals surface area contributed by atoms with E-state index in [-0.39, 0.29) is 18.5 Å². The molecule has 1 aliphatic rings. The van der Waals surface area contributed by atoms with Crippen LogP contribution in [0.4, 0.5) is 0 Å². The van der Waals surface area contributed by atoms with Gasteiger partial charge in [0, 0.05) is 12.8 Å². The number of nitrogens with one attached hydrogen (secondary N) is 1. The molecule has 1 heterocycles. The van der Waals surface area contributed by atoms with Crippen molar-refractivity contribution in [2.24, 2.45) is 0 Å². The number of amides is 1. The smallest absolute Gasteiger partial charge is 0.305 e. The van der Waals surface area contributed by atoms with Crippen LogP contribution in [-0.4, -0.2) is 100 Å². The minimum Gasteiger partial charge on any atom is -0.466 e. The normalized spacial score (nSPS) is 17.7. The van der Waals surface area contributed by atoms with Crippen molar-refractivity contribution < 1.29 is 49.3 Å². The number of hydrogen-bond acceptors (Lipinski definition) is 10. The summed E-state index contributed by atoms with van der Waals surface area (Å²) in [6.07, 6.45) is 77.9. The second-order valence-electron chi connectivity index (χ2n) is 27.8. The summed E-state index contributed by atoms with van der Waals surface area (Å²) in [7, 11) is 0. The fourth-order valence-electron chi connectivity index (χ4n) is 12.8. The van der Waals surface area contributed by atoms with Gasteiger partial charge in [-0.25, -0.2) is 0 Å². The van der Waals surface area contributed by atoms with Gasteiger partial charge in [-0.3, -0.25) is 9.59 Å². The van der Waals surface area contributed by atoms with Crippen LogP contribution in [0, 0.1) is 0 Å². The van der Waals surface area contributed by atoms with Crippen LogP contribution in [0.1, 0.15) is 406 Å². The standard InChI is InChI=1S/C79H151NO10/c1-3-5-7-9-11-13-15-16-40-44-47-51-55-59-63-67-75(84)88-68-64-60-56-52-48-45-42-39-37-35-33-31-29-27-25-23-21-19-17-18-20-22-24-26-28-30-32-34-36-38-41-43-46-50-54-58-62-66-74(83)80-71(70-89-79-78(87)77(86)76(85)73(69-81)90-79)72(82)65-61-57-53-49-14-12-10-8-6-4-2/h17,19,61,65,71-73,76-79,81-82,85-87H,3-16,18,20-60,62-64,66-70H2,1-2H3,(H,80,83)/b19-17-,65-61+. The Balaban J connectivity index is 1.86. The van der Waals surface area contributed by atoms with Crippen molar-refractivity contribution in [2.45, 2.75) is 448 Å². The molecule has 0 bridgehead atoms. The third kappa shape index (κ3) is 56.5. The highest BCUT2D eigenvalue weighted by atomic mass is 16.7. The first kappa shape index (κ1) is 86.2. The summed E-state index contributed by atoms with van der Waals surface area (Å²) >= 11 is 0. The van der Waals surface area contributed by atoms with E-state index < -0.39 is 49.5 Å². The summed E-state index contributed by atoms with van der Waals surface area (Å²) in [5.74, 6) is -0.158. The molecule has 532 valence electrons. The van der Waals surface area contributed by atoms with Gasteiger partial charge in [0.15, 0.2) is 6.29 Å². The first-order valence-electron chi connectivity index (χ1n) is 39.6. The first-order valence-corrected chi connectivity index (χ1v) is 39.6. The lowest BCUT2D eigenvalue weighted by molar-refractivity contribution is -0.302. The number of carbonyl (C=O) groups excluding carboxylic acids is 2. The Kier molecular flexibility index (Phi) is 65.6. The molecule has 7 unspecified atom stereocenters. The molecule has 90 heavy (non-hydrogen) atoms. The molecule has 1 fully saturated rings. The predicted molar refractivity (Wildman–Crippen MR) is 380 cm³/mol. The molecule has 11 heteroatoms. The highest BCUT2D eigenvalue weighted by Crippen LogP contribution is 2.24. The number of rotatable bonds is 71. The van der Waals surface area contributed by atoms with Gasteiger partial charge < -0.3 is 45.1 Å². The van der Waals surface area contributed by atoms with Crippen molar-refractivity contribution in [3.8, 4) is 0 Å². The molecule has 1 amide bonds. The molecule has 6 N–H and O–H groups in total. The van der Waals surface area contributed by atoms with Crippen molar-refractivity contribution in [1.29, 1.82) is 0 Å². The van der Waals surface area contributed by atoms with E-state index in [1.165, 1.54) is 327 Å². The number of carbonyl (C=O) groups is 2. The van der Waals surface area contributed by atoms with Crippen LogP contribution in [0.25, 0.3) is 0 Å². The van der Waals surface area contributed by atoms with Gasteiger partial charge in [0.05, 0.1) is 32.0 Å². The van der Waals surface area contributed by atoms with E-state index in [0.29, 0.717) is 19.4 Å². The molecule has 7 atom stereocenters. The highest BCUT2D eigenvalue weighted by Gasteiger charge is 2.44. The van der Waals surface area contributed by atoms with Gasteiger partial charge in [-0.05, 0) is 57.8 Å². The minimum atomic E-state index is -1.57. The van der Waals surface area contributed by atoms with Crippen LogP contribution in [0.5, 0.6) is 0 Å². The molecule has 1 aliphatic heterocycles. The van der Waals surface area contributed by atoms with Crippen molar-refractivity contribution >= 4 is 11.9 Å². The minimum absolute atomic E-state index is 0.0190. The number of unbranched alkanes of at least 4 members (excludes halogenated alkanes) is 55. The lowest BCUT2D eigenvalue weighted by Crippen LogP contribution is -2.60. The molecule has 0 aromatic carbocycles. The summed E-state index contributed by atoms with van der Waals surface area (Å²) < 4.78 is 16.8. The van der Waals surface area contributed by atoms with Crippen LogP contribution in [0.2, 0.25) is 0 Å². The fraction of sp³-hybridized carbons (Fsp3) is 0.924. The summed E-state index contributed by atoms with van der Waals surface area (Å²) in [6, 6.07) is -0.805. The molecule has 0 aromatic heterocycles. The molecular formula is C79H151NO10. The maximum atomic E-state index is 13.0. The molecule has 11 nitrogen and oxygen atoms in total. The van der Waals surface area contributed by atoms with E-state index in [1.807, 2.05) is 6.08 Å². The van der Waals surface area contributed by atoms with Gasteiger partial charge >= 0.3 is 5.97 Å². The largest absolute Gasteiger partial charge is 0.466 e. The van der Waals surface area contributed by atoms with Crippen molar-refractivity contribution in [3.05, 3.63) is 24.3 Å². The Labute approximate surface area is 556 Å². The van der Waals surface area contributed by atoms with Gasteiger partial charge in [-0.15, -0.1) is 0 Å². The second kappa shape index (κ2) is 68.5. The Bertz CT molecular complexity index is 1540. The van der Waals surface area contributed by atoms with Gasteiger partial charge in [0.2, 0.25) is 5.91 Å². The zero-order valence-electron chi connectivity index (χ0n) is 59.4. The monoisotopic (exact) mass is 1270 g/mol. The number of hydrogen-bond donors (Lipinski definition) is 6. The lowest BCUT2D eigenvalue weighted by atomic mass is 9.99. The summed E-state index contributed by atoms with van der Waals surface area (Å²) in [6.45, 7) is 4.38. The Morgan fingerprint density at radius 1 is 0.400 bits per heavy atom. The average Bonchev–Trinajstić information content (AvgIpc) is 3.56. The summed E-state index contributed by atoms with van der Waals surface area (Å²) in [5.41, 5.74) is 0. The van der Waals surface area contributed by atoms with Crippen LogP contribution in [-0.2, 0) is 23.8 Å². The van der Waals surface area contributed by atoms with Crippen LogP contribution in [0.3, 0.4) is 0 Å². The molecule has 0 radical (unpaired) electrons. The molecule has 0 saturated carbocycles. The van der Waals surface area contributed by atoms with Crippen molar-refractivity contribution in [1.82, 2.24) is 5.32 Å². The molecule has 1 rings (SSSR count). The van der Waals surface area contributed by atoms with Gasteiger partial charge in [-0.1, -0.05) is 359 Å². The van der Waals surface area contributed by atoms with E-state index in [9.17, 15) is 35.1 Å². The van der Waals surface area contributed by atoms with E-state index in [0.717, 1.165) is 51.4 Å². The Morgan fingerprint density at radius 3 is 1.07 bits per heavy atom. The molecule has 0 aromatic rings. The van der Waals surface area contributed by atoms with Crippen LogP contribution in [0.15, 0.2) is 24.3 Å². The molecule has 1 saturated heterocycles. The average molecular weight is 1280 g/mol. The zero-order chi connectivity index (χ0) is 65.1. The van der Waals surface area contributed by atoms with Crippen LogP contribution < -0.4 is 5.32 Å². The summed E-state index contributed by atoms with van der Waals surface area (Å²) in [5, 5.41) is 54.4. The SMILES string of the molecule is CCCCCCCCCC/C=C/C(O)C(COC1OC(CO)C(O)C(O)C1O)NC(=O)CCCCCCCCCCCCCCCCCCC/C=C\CCCCCCCCCCCCCCCCCCOC(=O)CCCCCCCCCCCCCCCCC. The fourth-order valence-corrected chi connectivity index (χ4v) is 12.8. The van der Waals surface area contributed by atoms with Crippen molar-refractivity contribution in [2.75, 3.05) is 19.8 Å². The van der Waals surface area contributed by atoms with E-state index in [1.54, 1.807) is 6.08 Å². The van der Waals surface area contributed by atoms with Crippen LogP contribution >= 0.6 is 0 Å². The number of esters is 1. The topological polar surface area (TPSA) is 175 Å². The maximum absolute atomic E-state index is 13.0. The van der Waals surface area contributed by atoms with Gasteiger partial charge in [0.1, 0.15) is 24.4 Å². The zero-order valence-corrected chi connectivity index (χ0v) is 59.4. The quantitative estimate of drug-likeness (QED) is 0.0195. The molecule has 0 aliphatic carbocycles. The summed E-state index contributed by atoms with van der Waals surface area (Å²) in [4.78, 5) is 25.1. The maximum Gasteiger partial charge on any atom is 0.305 e. The van der Waals surface area contributed by atoms with Gasteiger partial charge in [-0.2, -0.15) is 0 Å². The second-order valence-corrected chi connectivity index (χ2v) is 27.8. The highest BCUT2D eigenvalue weighted by molar-refractivity contribution is 5.76. The number of aliphatic hydroxyl groups is 5. The Hall–Kier alpha value is -1.86.